The van der Waals surface area contributed by atoms with Crippen molar-refractivity contribution in [1.82, 2.24) is 0 Å². The number of halogens is 2. The van der Waals surface area contributed by atoms with E-state index in [2.05, 4.69) is 0 Å². The van der Waals surface area contributed by atoms with E-state index in [1.54, 1.807) is 0 Å². The van der Waals surface area contributed by atoms with Crippen LogP contribution >= 0.6 is 11.6 Å². The standard InChI is InChI=1S/C7H5ClFNO2/c8-4-1-3(7(11)12)2-5(9)6(4)10/h1-2H,10H2,(H,11,12). The largest absolute Gasteiger partial charge is 0.478 e. The highest BCUT2D eigenvalue weighted by atomic mass is 35.5. The molecular formula is C7H5ClFNO2. The van der Waals surface area contributed by atoms with Crippen molar-refractivity contribution in [3.05, 3.63) is 28.5 Å². The van der Waals surface area contributed by atoms with E-state index in [-0.39, 0.29) is 16.3 Å². The van der Waals surface area contributed by atoms with Gasteiger partial charge in [0.25, 0.3) is 0 Å². The third-order valence-corrected chi connectivity index (χ3v) is 1.64. The van der Waals surface area contributed by atoms with E-state index in [0.29, 0.717) is 0 Å². The van der Waals surface area contributed by atoms with Gasteiger partial charge >= 0.3 is 5.97 Å². The number of nitrogen functional groups attached to an aromatic ring is 1. The molecule has 1 rings (SSSR count). The lowest BCUT2D eigenvalue weighted by molar-refractivity contribution is 0.0696. The van der Waals surface area contributed by atoms with Crippen LogP contribution in [0.5, 0.6) is 0 Å². The summed E-state index contributed by atoms with van der Waals surface area (Å²) < 4.78 is 12.7. The number of benzene rings is 1. The summed E-state index contributed by atoms with van der Waals surface area (Å²) in [4.78, 5) is 10.4. The Balaban J connectivity index is 3.31. The Bertz CT molecular complexity index is 317. The van der Waals surface area contributed by atoms with Crippen LogP contribution in [0.4, 0.5) is 10.1 Å². The van der Waals surface area contributed by atoms with Crippen LogP contribution in [0.3, 0.4) is 0 Å². The van der Waals surface area contributed by atoms with Crippen LogP contribution in [0.1, 0.15) is 10.4 Å². The summed E-state index contributed by atoms with van der Waals surface area (Å²) in [5.41, 5.74) is 4.70. The smallest absolute Gasteiger partial charge is 0.335 e. The maximum Gasteiger partial charge on any atom is 0.335 e. The fraction of sp³-hybridized carbons (Fsp3) is 0. The van der Waals surface area contributed by atoms with Gasteiger partial charge in [-0.1, -0.05) is 11.6 Å². The molecule has 0 spiro atoms. The topological polar surface area (TPSA) is 63.3 Å². The van der Waals surface area contributed by atoms with E-state index in [1.807, 2.05) is 0 Å². The summed E-state index contributed by atoms with van der Waals surface area (Å²) in [6, 6.07) is 1.92. The number of carboxylic acid groups (broad SMARTS) is 1. The summed E-state index contributed by atoms with van der Waals surface area (Å²) in [5.74, 6) is -2.06. The Kier molecular flexibility index (Phi) is 2.19. The van der Waals surface area contributed by atoms with E-state index >= 15 is 0 Å². The molecule has 12 heavy (non-hydrogen) atoms. The maximum absolute atomic E-state index is 12.7. The van der Waals surface area contributed by atoms with Crippen molar-refractivity contribution in [2.45, 2.75) is 0 Å². The lowest BCUT2D eigenvalue weighted by Gasteiger charge is -2.00. The van der Waals surface area contributed by atoms with Gasteiger partial charge in [-0.2, -0.15) is 0 Å². The van der Waals surface area contributed by atoms with Crippen LogP contribution < -0.4 is 5.73 Å². The van der Waals surface area contributed by atoms with Gasteiger partial charge in [0.05, 0.1) is 16.3 Å². The molecule has 0 atom stereocenters. The first-order chi connectivity index (χ1) is 5.52. The molecule has 0 radical (unpaired) electrons. The van der Waals surface area contributed by atoms with Gasteiger partial charge in [0.1, 0.15) is 5.82 Å². The Hall–Kier alpha value is -1.29. The molecule has 3 N–H and O–H groups in total. The van der Waals surface area contributed by atoms with Crippen molar-refractivity contribution in [2.24, 2.45) is 0 Å². The summed E-state index contributed by atoms with van der Waals surface area (Å²) in [6.07, 6.45) is 0. The molecule has 5 heteroatoms. The number of carbonyl (C=O) groups is 1. The zero-order chi connectivity index (χ0) is 9.30. The predicted octanol–water partition coefficient (Wildman–Crippen LogP) is 1.76. The van der Waals surface area contributed by atoms with Crippen LogP contribution in [0.2, 0.25) is 5.02 Å². The number of nitrogens with two attached hydrogens (primary N) is 1. The minimum atomic E-state index is -1.24. The molecule has 0 heterocycles. The quantitative estimate of drug-likeness (QED) is 0.662. The van der Waals surface area contributed by atoms with E-state index in [9.17, 15) is 9.18 Å². The molecule has 3 nitrogen and oxygen atoms in total. The zero-order valence-corrected chi connectivity index (χ0v) is 6.60. The van der Waals surface area contributed by atoms with Crippen LogP contribution in [-0.4, -0.2) is 11.1 Å². The number of hydrogen-bond donors (Lipinski definition) is 2. The number of hydrogen-bond acceptors (Lipinski definition) is 2. The average Bonchev–Trinajstić information content (AvgIpc) is 1.99. The monoisotopic (exact) mass is 189 g/mol. The molecule has 0 aliphatic heterocycles. The van der Waals surface area contributed by atoms with Crippen LogP contribution in [0.25, 0.3) is 0 Å². The van der Waals surface area contributed by atoms with Gasteiger partial charge in [-0.3, -0.25) is 0 Å². The van der Waals surface area contributed by atoms with Gasteiger partial charge < -0.3 is 10.8 Å². The first-order valence-electron chi connectivity index (χ1n) is 3.00. The van der Waals surface area contributed by atoms with Crippen molar-refractivity contribution in [3.8, 4) is 0 Å². The van der Waals surface area contributed by atoms with Gasteiger partial charge in [-0.25, -0.2) is 9.18 Å². The van der Waals surface area contributed by atoms with E-state index in [0.717, 1.165) is 12.1 Å². The minimum absolute atomic E-state index is 0.0904. The first kappa shape index (κ1) is 8.80. The molecule has 0 saturated heterocycles. The third kappa shape index (κ3) is 1.48. The van der Waals surface area contributed by atoms with Crippen molar-refractivity contribution in [3.63, 3.8) is 0 Å². The molecule has 0 saturated carbocycles. The molecule has 0 bridgehead atoms. The van der Waals surface area contributed by atoms with Crippen LogP contribution in [-0.2, 0) is 0 Å². The fourth-order valence-electron chi connectivity index (χ4n) is 0.708. The SMILES string of the molecule is Nc1c(F)cc(C(=O)O)cc1Cl. The van der Waals surface area contributed by atoms with Gasteiger partial charge in [0, 0.05) is 0 Å². The van der Waals surface area contributed by atoms with Crippen molar-refractivity contribution in [2.75, 3.05) is 5.73 Å². The molecule has 64 valence electrons. The second-order valence-electron chi connectivity index (χ2n) is 2.16. The second kappa shape index (κ2) is 2.98. The minimum Gasteiger partial charge on any atom is -0.478 e. The van der Waals surface area contributed by atoms with Gasteiger partial charge in [0.2, 0.25) is 0 Å². The molecule has 0 aliphatic carbocycles. The molecular weight excluding hydrogens is 185 g/mol. The van der Waals surface area contributed by atoms with Crippen LogP contribution in [0, 0.1) is 5.82 Å². The van der Waals surface area contributed by atoms with E-state index in [1.165, 1.54) is 0 Å². The number of rotatable bonds is 1. The predicted molar refractivity (Wildman–Crippen MR) is 42.8 cm³/mol. The highest BCUT2D eigenvalue weighted by molar-refractivity contribution is 6.33. The molecule has 0 fully saturated rings. The molecule has 0 unspecified atom stereocenters. The molecule has 0 amide bonds. The Labute approximate surface area is 72.6 Å². The van der Waals surface area contributed by atoms with Gasteiger partial charge in [-0.05, 0) is 12.1 Å². The highest BCUT2D eigenvalue weighted by Gasteiger charge is 2.10. The second-order valence-corrected chi connectivity index (χ2v) is 2.57. The summed E-state index contributed by atoms with van der Waals surface area (Å²) in [7, 11) is 0. The first-order valence-corrected chi connectivity index (χ1v) is 3.38. The number of aromatic carboxylic acids is 1. The Morgan fingerprint density at radius 2 is 2.17 bits per heavy atom. The highest BCUT2D eigenvalue weighted by Crippen LogP contribution is 2.23. The maximum atomic E-state index is 12.7. The molecule has 0 aromatic heterocycles. The summed E-state index contributed by atoms with van der Waals surface area (Å²) in [6.45, 7) is 0. The van der Waals surface area contributed by atoms with Crippen LogP contribution in [0.15, 0.2) is 12.1 Å². The third-order valence-electron chi connectivity index (χ3n) is 1.33. The lowest BCUT2D eigenvalue weighted by atomic mass is 10.2. The summed E-state index contributed by atoms with van der Waals surface area (Å²) >= 11 is 5.43. The van der Waals surface area contributed by atoms with Crippen molar-refractivity contribution < 1.29 is 14.3 Å². The summed E-state index contributed by atoms with van der Waals surface area (Å²) in [5, 5.41) is 8.37. The van der Waals surface area contributed by atoms with Gasteiger partial charge in [-0.15, -0.1) is 0 Å². The number of anilines is 1. The van der Waals surface area contributed by atoms with Gasteiger partial charge in [0.15, 0.2) is 0 Å². The normalized spacial score (nSPS) is 9.83. The molecule has 0 aliphatic rings. The van der Waals surface area contributed by atoms with Crippen molar-refractivity contribution in [1.29, 1.82) is 0 Å². The Morgan fingerprint density at radius 1 is 1.58 bits per heavy atom. The molecule has 1 aromatic carbocycles. The zero-order valence-electron chi connectivity index (χ0n) is 5.84. The van der Waals surface area contributed by atoms with Crippen molar-refractivity contribution >= 4 is 23.3 Å². The van der Waals surface area contributed by atoms with E-state index < -0.39 is 11.8 Å². The lowest BCUT2D eigenvalue weighted by Crippen LogP contribution is -2.00. The average molecular weight is 190 g/mol. The number of carboxylic acids is 1. The van der Waals surface area contributed by atoms with E-state index in [4.69, 9.17) is 22.4 Å². The fourth-order valence-corrected chi connectivity index (χ4v) is 0.916. The Morgan fingerprint density at radius 3 is 2.58 bits per heavy atom. The molecule has 1 aromatic rings.